The minimum absolute atomic E-state index is 1.13. The molecule has 2 saturated heterocycles. The molecular weight excluding hydrogens is 316 g/mol. The summed E-state index contributed by atoms with van der Waals surface area (Å²) >= 11 is 0. The number of rotatable bonds is 3. The van der Waals surface area contributed by atoms with Gasteiger partial charge in [-0.1, -0.05) is 48.0 Å². The zero-order chi connectivity index (χ0) is 17.8. The van der Waals surface area contributed by atoms with Crippen molar-refractivity contribution in [1.82, 2.24) is 0 Å². The van der Waals surface area contributed by atoms with Gasteiger partial charge >= 0.3 is 0 Å². The number of hydrogen-bond acceptors (Lipinski definition) is 2. The molecule has 0 amide bonds. The molecule has 2 fully saturated rings. The Labute approximate surface area is 158 Å². The molecule has 0 aromatic heterocycles. The summed E-state index contributed by atoms with van der Waals surface area (Å²) in [5.74, 6) is 0. The van der Waals surface area contributed by atoms with Gasteiger partial charge in [-0.2, -0.15) is 0 Å². The van der Waals surface area contributed by atoms with Crippen molar-refractivity contribution in [2.45, 2.75) is 39.0 Å². The number of anilines is 2. The highest BCUT2D eigenvalue weighted by molar-refractivity contribution is 5.64. The van der Waals surface area contributed by atoms with Gasteiger partial charge in [-0.25, -0.2) is 0 Å². The van der Waals surface area contributed by atoms with Crippen LogP contribution in [0, 0.1) is 6.92 Å². The summed E-state index contributed by atoms with van der Waals surface area (Å²) < 4.78 is 0. The summed E-state index contributed by atoms with van der Waals surface area (Å²) in [6, 6.07) is 17.8. The monoisotopic (exact) mass is 346 g/mol. The van der Waals surface area contributed by atoms with Crippen LogP contribution in [0.5, 0.6) is 0 Å². The lowest BCUT2D eigenvalue weighted by Gasteiger charge is -2.34. The molecule has 2 aromatic carbocycles. The minimum Gasteiger partial charge on any atom is -0.371 e. The first-order valence-electron chi connectivity index (χ1n) is 10.1. The van der Waals surface area contributed by atoms with E-state index in [-0.39, 0.29) is 0 Å². The third-order valence-electron chi connectivity index (χ3n) is 5.83. The van der Waals surface area contributed by atoms with E-state index in [0.29, 0.717) is 0 Å². The molecule has 0 atom stereocenters. The molecule has 2 aliphatic heterocycles. The van der Waals surface area contributed by atoms with Crippen LogP contribution >= 0.6 is 0 Å². The van der Waals surface area contributed by atoms with Crippen LogP contribution < -0.4 is 9.80 Å². The molecule has 26 heavy (non-hydrogen) atoms. The molecule has 2 heterocycles. The minimum atomic E-state index is 1.13. The molecule has 136 valence electrons. The lowest BCUT2D eigenvalue weighted by atomic mass is 9.99. The first-order chi connectivity index (χ1) is 12.8. The summed E-state index contributed by atoms with van der Waals surface area (Å²) in [5.41, 5.74) is 7.17. The van der Waals surface area contributed by atoms with Gasteiger partial charge < -0.3 is 9.80 Å². The molecule has 0 N–H and O–H groups in total. The van der Waals surface area contributed by atoms with Crippen LogP contribution in [0.25, 0.3) is 6.08 Å². The molecule has 0 radical (unpaired) electrons. The predicted octanol–water partition coefficient (Wildman–Crippen LogP) is 5.67. The quantitative estimate of drug-likeness (QED) is 0.706. The molecule has 2 heteroatoms. The zero-order valence-corrected chi connectivity index (χ0v) is 16.0. The van der Waals surface area contributed by atoms with E-state index >= 15 is 0 Å². The van der Waals surface area contributed by atoms with E-state index in [9.17, 15) is 0 Å². The van der Waals surface area contributed by atoms with E-state index < -0.39 is 0 Å². The third kappa shape index (κ3) is 3.95. The standard InChI is InChI=1S/C24H30N2/c1-20-10-11-23(25-14-6-3-7-15-25)19-24(20)26-16-12-22(13-17-26)18-21-8-4-2-5-9-21/h2,4-5,8-11,18-19H,3,6-7,12-17H2,1H3. The third-order valence-corrected chi connectivity index (χ3v) is 5.83. The Morgan fingerprint density at radius 3 is 2.23 bits per heavy atom. The highest BCUT2D eigenvalue weighted by atomic mass is 15.2. The maximum atomic E-state index is 2.59. The molecule has 4 rings (SSSR count). The van der Waals surface area contributed by atoms with Crippen LogP contribution in [0.4, 0.5) is 11.4 Å². The molecule has 2 nitrogen and oxygen atoms in total. The van der Waals surface area contributed by atoms with Crippen molar-refractivity contribution in [3.63, 3.8) is 0 Å². The van der Waals surface area contributed by atoms with Crippen molar-refractivity contribution in [2.75, 3.05) is 36.0 Å². The maximum absolute atomic E-state index is 2.59. The van der Waals surface area contributed by atoms with Crippen LogP contribution in [0.15, 0.2) is 54.1 Å². The lowest BCUT2D eigenvalue weighted by Crippen LogP contribution is -2.32. The number of piperidine rings is 2. The van der Waals surface area contributed by atoms with Gasteiger partial charge in [0.2, 0.25) is 0 Å². The topological polar surface area (TPSA) is 6.48 Å². The summed E-state index contributed by atoms with van der Waals surface area (Å²) in [7, 11) is 0. The van der Waals surface area contributed by atoms with Crippen molar-refractivity contribution >= 4 is 17.5 Å². The fraction of sp³-hybridized carbons (Fsp3) is 0.417. The summed E-state index contributed by atoms with van der Waals surface area (Å²) in [6.07, 6.45) is 8.78. The van der Waals surface area contributed by atoms with Gasteiger partial charge in [0, 0.05) is 37.6 Å². The Morgan fingerprint density at radius 2 is 1.50 bits per heavy atom. The van der Waals surface area contributed by atoms with Gasteiger partial charge in [0.15, 0.2) is 0 Å². The van der Waals surface area contributed by atoms with Crippen LogP contribution in [0.1, 0.15) is 43.2 Å². The Bertz CT molecular complexity index is 747. The second kappa shape index (κ2) is 7.99. The van der Waals surface area contributed by atoms with Crippen molar-refractivity contribution < 1.29 is 0 Å². The van der Waals surface area contributed by atoms with E-state index in [1.165, 1.54) is 67.7 Å². The van der Waals surface area contributed by atoms with Crippen LogP contribution in [-0.4, -0.2) is 26.2 Å². The Kier molecular flexibility index (Phi) is 5.29. The van der Waals surface area contributed by atoms with Gasteiger partial charge in [-0.3, -0.25) is 0 Å². The fourth-order valence-electron chi connectivity index (χ4n) is 4.25. The second-order valence-electron chi connectivity index (χ2n) is 7.72. The summed E-state index contributed by atoms with van der Waals surface area (Å²) in [5, 5.41) is 0. The predicted molar refractivity (Wildman–Crippen MR) is 113 cm³/mol. The van der Waals surface area contributed by atoms with Crippen molar-refractivity contribution in [1.29, 1.82) is 0 Å². The number of benzene rings is 2. The maximum Gasteiger partial charge on any atom is 0.0416 e. The van der Waals surface area contributed by atoms with Crippen molar-refractivity contribution in [3.8, 4) is 0 Å². The molecule has 0 unspecified atom stereocenters. The highest BCUT2D eigenvalue weighted by Crippen LogP contribution is 2.31. The molecule has 0 aliphatic carbocycles. The first-order valence-corrected chi connectivity index (χ1v) is 10.1. The van der Waals surface area contributed by atoms with Crippen molar-refractivity contribution in [2.24, 2.45) is 0 Å². The van der Waals surface area contributed by atoms with Gasteiger partial charge in [-0.05, 0) is 62.3 Å². The number of nitrogens with zero attached hydrogens (tertiary/aromatic N) is 2. The van der Waals surface area contributed by atoms with Crippen molar-refractivity contribution in [3.05, 3.63) is 65.2 Å². The zero-order valence-electron chi connectivity index (χ0n) is 16.0. The molecule has 2 aliphatic rings. The molecule has 2 aromatic rings. The van der Waals surface area contributed by atoms with Gasteiger partial charge in [0.25, 0.3) is 0 Å². The highest BCUT2D eigenvalue weighted by Gasteiger charge is 2.18. The summed E-state index contributed by atoms with van der Waals surface area (Å²) in [4.78, 5) is 5.15. The van der Waals surface area contributed by atoms with Gasteiger partial charge in [-0.15, -0.1) is 0 Å². The first kappa shape index (κ1) is 17.2. The summed E-state index contributed by atoms with van der Waals surface area (Å²) in [6.45, 7) is 6.94. The SMILES string of the molecule is Cc1ccc(N2CCCCC2)cc1N1CCC(=Cc2ccccc2)CC1. The molecule has 0 spiro atoms. The fourth-order valence-corrected chi connectivity index (χ4v) is 4.25. The average Bonchev–Trinajstić information content (AvgIpc) is 2.71. The normalized spacial score (nSPS) is 18.1. The molecule has 0 saturated carbocycles. The van der Waals surface area contributed by atoms with E-state index in [1.807, 2.05) is 0 Å². The van der Waals surface area contributed by atoms with E-state index in [0.717, 1.165) is 13.1 Å². The van der Waals surface area contributed by atoms with Crippen LogP contribution in [0.2, 0.25) is 0 Å². The smallest absolute Gasteiger partial charge is 0.0416 e. The van der Waals surface area contributed by atoms with E-state index in [2.05, 4.69) is 71.3 Å². The lowest BCUT2D eigenvalue weighted by molar-refractivity contribution is 0.577. The van der Waals surface area contributed by atoms with Gasteiger partial charge in [0.05, 0.1) is 0 Å². The largest absolute Gasteiger partial charge is 0.371 e. The Balaban J connectivity index is 1.46. The van der Waals surface area contributed by atoms with Crippen LogP contribution in [0.3, 0.4) is 0 Å². The van der Waals surface area contributed by atoms with Crippen LogP contribution in [-0.2, 0) is 0 Å². The molecular formula is C24H30N2. The number of hydrogen-bond donors (Lipinski definition) is 0. The van der Waals surface area contributed by atoms with E-state index in [1.54, 1.807) is 5.57 Å². The average molecular weight is 347 g/mol. The second-order valence-corrected chi connectivity index (χ2v) is 7.72. The Morgan fingerprint density at radius 1 is 0.769 bits per heavy atom. The molecule has 0 bridgehead atoms. The van der Waals surface area contributed by atoms with E-state index in [4.69, 9.17) is 0 Å². The van der Waals surface area contributed by atoms with Gasteiger partial charge in [0.1, 0.15) is 0 Å². The number of aryl methyl sites for hydroxylation is 1. The Hall–Kier alpha value is -2.22.